The molecule has 94 valence electrons. The third kappa shape index (κ3) is 4.30. The van der Waals surface area contributed by atoms with Gasteiger partial charge in [-0.2, -0.15) is 0 Å². The van der Waals surface area contributed by atoms with Gasteiger partial charge in [-0.3, -0.25) is 10.1 Å². The largest absolute Gasteiger partial charge is 0.392 e. The molecule has 0 aliphatic rings. The van der Waals surface area contributed by atoms with Gasteiger partial charge < -0.3 is 10.4 Å². The van der Waals surface area contributed by atoms with Gasteiger partial charge >= 0.3 is 0 Å². The molecule has 0 aliphatic heterocycles. The minimum Gasteiger partial charge on any atom is -0.392 e. The summed E-state index contributed by atoms with van der Waals surface area (Å²) >= 11 is 5.92. The first-order chi connectivity index (χ1) is 8.04. The van der Waals surface area contributed by atoms with E-state index in [1.54, 1.807) is 6.07 Å². The number of hydrogen-bond acceptors (Lipinski definition) is 4. The molecule has 0 aliphatic carbocycles. The molecule has 0 bridgehead atoms. The molecule has 0 saturated heterocycles. The minimum atomic E-state index is -0.482. The normalized spacial score (nSPS) is 12.4. The van der Waals surface area contributed by atoms with Gasteiger partial charge in [-0.25, -0.2) is 0 Å². The van der Waals surface area contributed by atoms with Crippen molar-refractivity contribution in [2.24, 2.45) is 0 Å². The SMILES string of the molecule is CCC(O)CNCc1ccc([N+](=O)[O-])cc1Cl. The Morgan fingerprint density at radius 2 is 2.29 bits per heavy atom. The second-order valence-electron chi connectivity index (χ2n) is 3.73. The van der Waals surface area contributed by atoms with Crippen molar-refractivity contribution in [3.63, 3.8) is 0 Å². The van der Waals surface area contributed by atoms with E-state index < -0.39 is 4.92 Å². The Hall–Kier alpha value is -1.17. The third-order valence-corrected chi connectivity index (χ3v) is 2.77. The maximum atomic E-state index is 10.5. The first kappa shape index (κ1) is 13.9. The second-order valence-corrected chi connectivity index (χ2v) is 4.13. The average Bonchev–Trinajstić information content (AvgIpc) is 2.30. The van der Waals surface area contributed by atoms with Crippen LogP contribution >= 0.6 is 11.6 Å². The molecule has 1 aromatic rings. The Morgan fingerprint density at radius 1 is 1.59 bits per heavy atom. The second kappa shape index (κ2) is 6.54. The summed E-state index contributed by atoms with van der Waals surface area (Å²) in [5.74, 6) is 0. The van der Waals surface area contributed by atoms with Crippen LogP contribution in [0.2, 0.25) is 5.02 Å². The van der Waals surface area contributed by atoms with Crippen molar-refractivity contribution in [1.29, 1.82) is 0 Å². The first-order valence-electron chi connectivity index (χ1n) is 5.36. The van der Waals surface area contributed by atoms with E-state index in [1.807, 2.05) is 6.92 Å². The Kier molecular flexibility index (Phi) is 5.34. The van der Waals surface area contributed by atoms with Crippen LogP contribution in [0.5, 0.6) is 0 Å². The van der Waals surface area contributed by atoms with Crippen LogP contribution in [0.1, 0.15) is 18.9 Å². The zero-order valence-corrected chi connectivity index (χ0v) is 10.3. The van der Waals surface area contributed by atoms with Crippen molar-refractivity contribution >= 4 is 17.3 Å². The third-order valence-electron chi connectivity index (χ3n) is 2.41. The molecule has 0 amide bonds. The number of aliphatic hydroxyl groups excluding tert-OH is 1. The van der Waals surface area contributed by atoms with Crippen molar-refractivity contribution in [1.82, 2.24) is 5.32 Å². The molecule has 1 unspecified atom stereocenters. The molecule has 0 fully saturated rings. The number of rotatable bonds is 6. The number of aliphatic hydroxyl groups is 1. The average molecular weight is 259 g/mol. The fourth-order valence-electron chi connectivity index (χ4n) is 1.31. The highest BCUT2D eigenvalue weighted by atomic mass is 35.5. The molecule has 17 heavy (non-hydrogen) atoms. The number of nitrogens with one attached hydrogen (secondary N) is 1. The maximum Gasteiger partial charge on any atom is 0.270 e. The number of nitro benzene ring substituents is 1. The molecular formula is C11H15ClN2O3. The first-order valence-corrected chi connectivity index (χ1v) is 5.74. The van der Waals surface area contributed by atoms with Crippen molar-refractivity contribution < 1.29 is 10.0 Å². The van der Waals surface area contributed by atoms with Crippen LogP contribution in [0, 0.1) is 10.1 Å². The van der Waals surface area contributed by atoms with Gasteiger partial charge in [0.15, 0.2) is 0 Å². The monoisotopic (exact) mass is 258 g/mol. The van der Waals surface area contributed by atoms with Crippen LogP contribution in [0.25, 0.3) is 0 Å². The fourth-order valence-corrected chi connectivity index (χ4v) is 1.55. The van der Waals surface area contributed by atoms with Crippen molar-refractivity contribution in [2.45, 2.75) is 26.0 Å². The van der Waals surface area contributed by atoms with Crippen LogP contribution in [0.15, 0.2) is 18.2 Å². The lowest BCUT2D eigenvalue weighted by Crippen LogP contribution is -2.25. The molecule has 0 saturated carbocycles. The quantitative estimate of drug-likeness (QED) is 0.605. The van der Waals surface area contributed by atoms with Crippen LogP contribution in [-0.4, -0.2) is 22.7 Å². The highest BCUT2D eigenvalue weighted by Gasteiger charge is 2.09. The van der Waals surface area contributed by atoms with Crippen molar-refractivity contribution in [3.05, 3.63) is 38.9 Å². The van der Waals surface area contributed by atoms with Gasteiger partial charge in [0.2, 0.25) is 0 Å². The zero-order chi connectivity index (χ0) is 12.8. The van der Waals surface area contributed by atoms with Crippen molar-refractivity contribution in [3.8, 4) is 0 Å². The summed E-state index contributed by atoms with van der Waals surface area (Å²) in [7, 11) is 0. The van der Waals surface area contributed by atoms with Gasteiger partial charge in [0.05, 0.1) is 16.0 Å². The minimum absolute atomic E-state index is 0.0210. The Balaban J connectivity index is 2.57. The zero-order valence-electron chi connectivity index (χ0n) is 9.52. The molecule has 0 heterocycles. The number of nitro groups is 1. The van der Waals surface area contributed by atoms with E-state index in [1.165, 1.54) is 12.1 Å². The number of hydrogen-bond donors (Lipinski definition) is 2. The number of non-ortho nitro benzene ring substituents is 1. The lowest BCUT2D eigenvalue weighted by molar-refractivity contribution is -0.384. The van der Waals surface area contributed by atoms with Gasteiger partial charge in [-0.15, -0.1) is 0 Å². The molecule has 0 aromatic heterocycles. The van der Waals surface area contributed by atoms with E-state index in [0.29, 0.717) is 24.5 Å². The maximum absolute atomic E-state index is 10.5. The summed E-state index contributed by atoms with van der Waals surface area (Å²) in [5, 5.41) is 23.2. The molecule has 1 atom stereocenters. The molecule has 0 spiro atoms. The number of halogens is 1. The van der Waals surface area contributed by atoms with Crippen molar-refractivity contribution in [2.75, 3.05) is 6.54 Å². The number of benzene rings is 1. The van der Waals surface area contributed by atoms with Crippen LogP contribution in [0.4, 0.5) is 5.69 Å². The smallest absolute Gasteiger partial charge is 0.270 e. The molecule has 1 aromatic carbocycles. The van der Waals surface area contributed by atoms with Gasteiger partial charge in [0, 0.05) is 25.2 Å². The van der Waals surface area contributed by atoms with Gasteiger partial charge in [-0.05, 0) is 18.1 Å². The van der Waals surface area contributed by atoms with Gasteiger partial charge in [0.1, 0.15) is 0 Å². The van der Waals surface area contributed by atoms with Gasteiger partial charge in [0.25, 0.3) is 5.69 Å². The van der Waals surface area contributed by atoms with E-state index in [9.17, 15) is 15.2 Å². The Labute approximate surface area is 105 Å². The van der Waals surface area contributed by atoms with Gasteiger partial charge in [-0.1, -0.05) is 18.5 Å². The Bertz CT molecular complexity index is 398. The molecule has 5 nitrogen and oxygen atoms in total. The lowest BCUT2D eigenvalue weighted by atomic mass is 10.2. The summed E-state index contributed by atoms with van der Waals surface area (Å²) in [6.45, 7) is 2.85. The molecular weight excluding hydrogens is 244 g/mol. The lowest BCUT2D eigenvalue weighted by Gasteiger charge is -2.10. The van der Waals surface area contributed by atoms with Crippen LogP contribution in [0.3, 0.4) is 0 Å². The summed E-state index contributed by atoms with van der Waals surface area (Å²) in [6, 6.07) is 4.36. The topological polar surface area (TPSA) is 75.4 Å². The predicted molar refractivity (Wildman–Crippen MR) is 66.1 cm³/mol. The molecule has 0 radical (unpaired) electrons. The van der Waals surface area contributed by atoms with E-state index in [4.69, 9.17) is 11.6 Å². The van der Waals surface area contributed by atoms with E-state index in [2.05, 4.69) is 5.32 Å². The molecule has 6 heteroatoms. The Morgan fingerprint density at radius 3 is 2.82 bits per heavy atom. The summed E-state index contributed by atoms with van der Waals surface area (Å²) < 4.78 is 0. The fraction of sp³-hybridized carbons (Fsp3) is 0.455. The van der Waals surface area contributed by atoms with Crippen LogP contribution in [-0.2, 0) is 6.54 Å². The summed E-state index contributed by atoms with van der Waals surface area (Å²) in [5.41, 5.74) is 0.757. The summed E-state index contributed by atoms with van der Waals surface area (Å²) in [4.78, 5) is 10.0. The van der Waals surface area contributed by atoms with E-state index >= 15 is 0 Å². The molecule has 2 N–H and O–H groups in total. The van der Waals surface area contributed by atoms with E-state index in [-0.39, 0.29) is 11.8 Å². The summed E-state index contributed by atoms with van der Waals surface area (Å²) in [6.07, 6.45) is 0.299. The number of nitrogens with zero attached hydrogens (tertiary/aromatic N) is 1. The highest BCUT2D eigenvalue weighted by molar-refractivity contribution is 6.31. The predicted octanol–water partition coefficient (Wildman–Crippen LogP) is 2.11. The standard InChI is InChI=1S/C11H15ClN2O3/c1-2-10(15)7-13-6-8-3-4-9(14(16)17)5-11(8)12/h3-5,10,13,15H,2,6-7H2,1H3. The highest BCUT2D eigenvalue weighted by Crippen LogP contribution is 2.22. The van der Waals surface area contributed by atoms with E-state index in [0.717, 1.165) is 5.56 Å². The molecule has 1 rings (SSSR count). The van der Waals surface area contributed by atoms with Crippen LogP contribution < -0.4 is 5.32 Å².